The lowest BCUT2D eigenvalue weighted by Crippen LogP contribution is -2.46. The summed E-state index contributed by atoms with van der Waals surface area (Å²) >= 11 is 0. The van der Waals surface area contributed by atoms with Gasteiger partial charge in [0.25, 0.3) is 5.92 Å². The highest BCUT2D eigenvalue weighted by atomic mass is 19.3. The number of methoxy groups -OCH3 is 2. The van der Waals surface area contributed by atoms with Crippen molar-refractivity contribution >= 4 is 22.4 Å². The van der Waals surface area contributed by atoms with Crippen LogP contribution in [0, 0.1) is 6.92 Å². The number of morpholine rings is 1. The Morgan fingerprint density at radius 3 is 2.61 bits per heavy atom. The molecule has 0 saturated carbocycles. The molecule has 2 unspecified atom stereocenters. The Hall–Kier alpha value is -3.11. The molecule has 192 valence electrons. The van der Waals surface area contributed by atoms with E-state index in [1.54, 1.807) is 13.2 Å². The lowest BCUT2D eigenvalue weighted by atomic mass is 10.0. The van der Waals surface area contributed by atoms with E-state index >= 15 is 0 Å². The lowest BCUT2D eigenvalue weighted by molar-refractivity contribution is -0.0698. The first kappa shape index (κ1) is 24.6. The summed E-state index contributed by atoms with van der Waals surface area (Å²) < 4.78 is 45.0. The topological polar surface area (TPSA) is 81.6 Å². The highest BCUT2D eigenvalue weighted by Crippen LogP contribution is 2.41. The second-order valence-electron chi connectivity index (χ2n) is 9.51. The van der Waals surface area contributed by atoms with Gasteiger partial charge in [-0.25, -0.2) is 4.98 Å². The van der Waals surface area contributed by atoms with Gasteiger partial charge in [-0.15, -0.1) is 5.10 Å². The highest BCUT2D eigenvalue weighted by Gasteiger charge is 2.39. The van der Waals surface area contributed by atoms with Crippen molar-refractivity contribution in [2.75, 3.05) is 44.3 Å². The summed E-state index contributed by atoms with van der Waals surface area (Å²) in [6, 6.07) is 8.65. The van der Waals surface area contributed by atoms with E-state index < -0.39 is 12.5 Å². The van der Waals surface area contributed by atoms with Crippen LogP contribution in [0.25, 0.3) is 10.9 Å². The molecule has 2 bridgehead atoms. The predicted molar refractivity (Wildman–Crippen MR) is 133 cm³/mol. The van der Waals surface area contributed by atoms with E-state index in [1.165, 1.54) is 19.2 Å². The molecule has 10 heteroatoms. The number of pyridine rings is 1. The van der Waals surface area contributed by atoms with Crippen LogP contribution in [0.2, 0.25) is 0 Å². The fourth-order valence-electron chi connectivity index (χ4n) is 5.22. The van der Waals surface area contributed by atoms with Crippen LogP contribution in [0.5, 0.6) is 5.88 Å². The van der Waals surface area contributed by atoms with Gasteiger partial charge in [0.2, 0.25) is 5.88 Å². The van der Waals surface area contributed by atoms with Crippen molar-refractivity contribution in [3.05, 3.63) is 47.2 Å². The van der Waals surface area contributed by atoms with Crippen LogP contribution >= 0.6 is 0 Å². The molecule has 0 radical (unpaired) electrons. The lowest BCUT2D eigenvalue weighted by Gasteiger charge is -2.37. The minimum absolute atomic E-state index is 0.0909. The van der Waals surface area contributed by atoms with Gasteiger partial charge in [0.15, 0.2) is 5.82 Å². The molecule has 0 spiro atoms. The number of anilines is 2. The van der Waals surface area contributed by atoms with Gasteiger partial charge < -0.3 is 24.4 Å². The van der Waals surface area contributed by atoms with E-state index in [1.807, 2.05) is 19.9 Å². The van der Waals surface area contributed by atoms with Crippen molar-refractivity contribution in [3.63, 3.8) is 0 Å². The number of nitrogens with one attached hydrogen (secondary N) is 1. The van der Waals surface area contributed by atoms with Crippen LogP contribution in [-0.4, -0.2) is 61.3 Å². The molecule has 2 saturated heterocycles. The van der Waals surface area contributed by atoms with E-state index in [0.717, 1.165) is 23.9 Å². The molecule has 36 heavy (non-hydrogen) atoms. The van der Waals surface area contributed by atoms with Gasteiger partial charge in [0.1, 0.15) is 17.8 Å². The third kappa shape index (κ3) is 4.43. The molecule has 0 aliphatic carbocycles. The van der Waals surface area contributed by atoms with E-state index in [4.69, 9.17) is 19.2 Å². The Morgan fingerprint density at radius 2 is 1.92 bits per heavy atom. The van der Waals surface area contributed by atoms with Crippen molar-refractivity contribution in [1.29, 1.82) is 0 Å². The van der Waals surface area contributed by atoms with Crippen molar-refractivity contribution in [2.24, 2.45) is 0 Å². The Balaban J connectivity index is 1.52. The van der Waals surface area contributed by atoms with Crippen LogP contribution in [0.4, 0.5) is 20.3 Å². The first-order valence-electron chi connectivity index (χ1n) is 12.1. The Labute approximate surface area is 209 Å². The molecule has 1 N–H and O–H groups in total. The van der Waals surface area contributed by atoms with E-state index in [9.17, 15) is 8.78 Å². The second-order valence-corrected chi connectivity index (χ2v) is 9.51. The number of fused-ring (bicyclic) bond motifs is 3. The minimum atomic E-state index is -3.08. The normalized spacial score (nSPS) is 20.6. The number of ether oxygens (including phenoxy) is 3. The number of alkyl halides is 2. The molecule has 3 atom stereocenters. The van der Waals surface area contributed by atoms with Gasteiger partial charge in [0.05, 0.1) is 44.1 Å². The first-order chi connectivity index (χ1) is 17.3. The first-order valence-corrected chi connectivity index (χ1v) is 12.1. The molecule has 2 aliphatic heterocycles. The van der Waals surface area contributed by atoms with Crippen molar-refractivity contribution in [2.45, 2.75) is 50.7 Å². The molecule has 5 rings (SSSR count). The molecule has 2 aromatic heterocycles. The zero-order valence-corrected chi connectivity index (χ0v) is 20.9. The van der Waals surface area contributed by atoms with Gasteiger partial charge >= 0.3 is 0 Å². The van der Waals surface area contributed by atoms with E-state index in [2.05, 4.69) is 26.5 Å². The number of hydrogen-bond donors (Lipinski definition) is 1. The predicted octanol–water partition coefficient (Wildman–Crippen LogP) is 4.62. The number of benzene rings is 1. The van der Waals surface area contributed by atoms with Crippen LogP contribution in [-0.2, 0) is 15.4 Å². The highest BCUT2D eigenvalue weighted by molar-refractivity contribution is 5.94. The maximum atomic E-state index is 14.4. The molecule has 2 aliphatic rings. The maximum absolute atomic E-state index is 14.4. The summed E-state index contributed by atoms with van der Waals surface area (Å²) in [6.07, 6.45) is 2.12. The molecule has 1 aromatic carbocycles. The van der Waals surface area contributed by atoms with Gasteiger partial charge in [-0.05, 0) is 44.4 Å². The Kier molecular flexibility index (Phi) is 6.65. The monoisotopic (exact) mass is 499 g/mol. The quantitative estimate of drug-likeness (QED) is 0.481. The molecule has 2 fully saturated rings. The molecule has 4 heterocycles. The van der Waals surface area contributed by atoms with Gasteiger partial charge in [-0.2, -0.15) is 13.9 Å². The zero-order valence-electron chi connectivity index (χ0n) is 20.9. The summed E-state index contributed by atoms with van der Waals surface area (Å²) in [6.45, 7) is 4.44. The summed E-state index contributed by atoms with van der Waals surface area (Å²) in [5.41, 5.74) is 2.88. The Morgan fingerprint density at radius 1 is 1.17 bits per heavy atom. The largest absolute Gasteiger partial charge is 0.480 e. The van der Waals surface area contributed by atoms with Crippen LogP contribution in [0.15, 0.2) is 30.3 Å². The van der Waals surface area contributed by atoms with Crippen molar-refractivity contribution in [3.8, 4) is 5.88 Å². The van der Waals surface area contributed by atoms with Crippen LogP contribution in [0.1, 0.15) is 42.6 Å². The molecular weight excluding hydrogens is 468 g/mol. The summed E-state index contributed by atoms with van der Waals surface area (Å²) in [5, 5.41) is 12.9. The fourth-order valence-corrected chi connectivity index (χ4v) is 5.22. The van der Waals surface area contributed by atoms with Crippen LogP contribution in [0.3, 0.4) is 0 Å². The number of nitrogens with zero attached hydrogens (tertiary/aromatic N) is 4. The summed E-state index contributed by atoms with van der Waals surface area (Å²) in [4.78, 5) is 7.17. The number of rotatable bonds is 8. The average Bonchev–Trinajstić information content (AvgIpc) is 3.12. The van der Waals surface area contributed by atoms with Gasteiger partial charge in [0, 0.05) is 18.1 Å². The summed E-state index contributed by atoms with van der Waals surface area (Å²) in [5.74, 6) is -1.99. The molecular formula is C26H31F2N5O3. The smallest absolute Gasteiger partial charge is 0.296 e. The van der Waals surface area contributed by atoms with Crippen molar-refractivity contribution in [1.82, 2.24) is 15.2 Å². The molecule has 8 nitrogen and oxygen atoms in total. The molecule has 3 aromatic rings. The molecule has 0 amide bonds. The van der Waals surface area contributed by atoms with Crippen LogP contribution < -0.4 is 15.0 Å². The SMILES string of the molecule is COCC(F)(F)c1cccc([C@@H](C)Nc2nnc(C)c3nc(OC)c(N4C5CCC4COC5)cc23)c1. The standard InChI is InChI=1S/C26H31F2N5O3/c1-15(17-6-5-7-18(10-17)26(27,28)14-34-3)29-24-21-11-22(33-19-8-9-20(33)13-36-12-19)25(35-4)30-23(21)16(2)31-32-24/h5-7,10-11,15,19-20H,8-9,12-14H2,1-4H3,(H,29,32)/t15-,19?,20?/m1/s1. The minimum Gasteiger partial charge on any atom is -0.480 e. The van der Waals surface area contributed by atoms with Gasteiger partial charge in [-0.1, -0.05) is 18.2 Å². The van der Waals surface area contributed by atoms with E-state index in [-0.39, 0.29) is 23.7 Å². The number of halogens is 2. The average molecular weight is 500 g/mol. The maximum Gasteiger partial charge on any atom is 0.296 e. The third-order valence-corrected chi connectivity index (χ3v) is 7.07. The van der Waals surface area contributed by atoms with Crippen molar-refractivity contribution < 1.29 is 23.0 Å². The fraction of sp³-hybridized carbons (Fsp3) is 0.500. The Bertz CT molecular complexity index is 1240. The number of aryl methyl sites for hydroxylation is 1. The number of hydrogen-bond acceptors (Lipinski definition) is 8. The third-order valence-electron chi connectivity index (χ3n) is 7.07. The number of aromatic nitrogens is 3. The van der Waals surface area contributed by atoms with E-state index in [0.29, 0.717) is 41.7 Å². The zero-order chi connectivity index (χ0) is 25.4. The van der Waals surface area contributed by atoms with Gasteiger partial charge in [-0.3, -0.25) is 0 Å². The second kappa shape index (κ2) is 9.74. The summed E-state index contributed by atoms with van der Waals surface area (Å²) in [7, 11) is 2.89.